The zero-order valence-electron chi connectivity index (χ0n) is 11.5. The Hall–Kier alpha value is -1.20. The van der Waals surface area contributed by atoms with Crippen LogP contribution in [-0.4, -0.2) is 14.8 Å². The van der Waals surface area contributed by atoms with Gasteiger partial charge in [0.1, 0.15) is 0 Å². The molecule has 0 aliphatic rings. The van der Waals surface area contributed by atoms with E-state index < -0.39 is 0 Å². The number of nitrogens with two attached hydrogens (primary N) is 1. The topological polar surface area (TPSA) is 56.7 Å². The molecule has 2 aromatic heterocycles. The van der Waals surface area contributed by atoms with E-state index in [0.717, 1.165) is 40.1 Å². The molecule has 2 aromatic rings. The molecule has 4 nitrogen and oxygen atoms in total. The van der Waals surface area contributed by atoms with Crippen molar-refractivity contribution in [3.8, 4) is 0 Å². The van der Waals surface area contributed by atoms with Gasteiger partial charge in [-0.15, -0.1) is 0 Å². The summed E-state index contributed by atoms with van der Waals surface area (Å²) in [6, 6.07) is 3.91. The van der Waals surface area contributed by atoms with Crippen LogP contribution in [0.15, 0.2) is 22.8 Å². The summed E-state index contributed by atoms with van der Waals surface area (Å²) in [5.74, 6) is 0. The number of nitrogens with zero attached hydrogens (tertiary/aromatic N) is 3. The minimum absolute atomic E-state index is 0.0635. The molecule has 0 amide bonds. The van der Waals surface area contributed by atoms with Crippen molar-refractivity contribution in [1.82, 2.24) is 14.8 Å². The second-order valence-corrected chi connectivity index (χ2v) is 5.44. The Bertz CT molecular complexity index is 577. The molecule has 2 N–H and O–H groups in total. The summed E-state index contributed by atoms with van der Waals surface area (Å²) < 4.78 is 3.07. The number of pyridine rings is 1. The zero-order valence-corrected chi connectivity index (χ0v) is 13.1. The maximum absolute atomic E-state index is 6.33. The summed E-state index contributed by atoms with van der Waals surface area (Å²) in [6.07, 6.45) is 2.55. The maximum atomic E-state index is 6.33. The fourth-order valence-electron chi connectivity index (χ4n) is 2.27. The summed E-state index contributed by atoms with van der Waals surface area (Å²) in [7, 11) is 0. The van der Waals surface area contributed by atoms with Gasteiger partial charge in [0, 0.05) is 30.9 Å². The second-order valence-electron chi connectivity index (χ2n) is 4.65. The Kier molecular flexibility index (Phi) is 4.37. The highest BCUT2D eigenvalue weighted by molar-refractivity contribution is 9.10. The van der Waals surface area contributed by atoms with E-state index in [1.165, 1.54) is 0 Å². The SMILES string of the molecule is CCn1nc(C)c(Br)c1CC(N)c1cccnc1C. The van der Waals surface area contributed by atoms with Crippen LogP contribution in [0.3, 0.4) is 0 Å². The Labute approximate surface area is 122 Å². The molecule has 1 atom stereocenters. The van der Waals surface area contributed by atoms with Gasteiger partial charge in [-0.05, 0) is 48.3 Å². The lowest BCUT2D eigenvalue weighted by atomic mass is 10.0. The van der Waals surface area contributed by atoms with Crippen molar-refractivity contribution in [2.75, 3.05) is 0 Å². The first kappa shape index (κ1) is 14.2. The van der Waals surface area contributed by atoms with E-state index in [1.54, 1.807) is 6.20 Å². The van der Waals surface area contributed by atoms with E-state index in [1.807, 2.05) is 30.7 Å². The Morgan fingerprint density at radius 3 is 2.74 bits per heavy atom. The highest BCUT2D eigenvalue weighted by Crippen LogP contribution is 2.26. The predicted octanol–water partition coefficient (Wildman–Crippen LogP) is 2.92. The molecule has 0 saturated heterocycles. The van der Waals surface area contributed by atoms with Gasteiger partial charge in [-0.2, -0.15) is 5.10 Å². The van der Waals surface area contributed by atoms with Crippen molar-refractivity contribution >= 4 is 15.9 Å². The first-order valence-corrected chi connectivity index (χ1v) is 7.22. The molecule has 0 radical (unpaired) electrons. The summed E-state index contributed by atoms with van der Waals surface area (Å²) in [4.78, 5) is 4.30. The quantitative estimate of drug-likeness (QED) is 0.941. The predicted molar refractivity (Wildman–Crippen MR) is 79.9 cm³/mol. The lowest BCUT2D eigenvalue weighted by Crippen LogP contribution is -2.17. The lowest BCUT2D eigenvalue weighted by molar-refractivity contribution is 0.584. The first-order valence-electron chi connectivity index (χ1n) is 6.43. The standard InChI is InChI=1S/C14H19BrN4/c1-4-19-13(14(15)10(3)18-19)8-12(16)11-6-5-7-17-9(11)2/h5-7,12H,4,8,16H2,1-3H3. The number of aryl methyl sites for hydroxylation is 3. The van der Waals surface area contributed by atoms with Crippen molar-refractivity contribution < 1.29 is 0 Å². The second kappa shape index (κ2) is 5.84. The largest absolute Gasteiger partial charge is 0.324 e. The zero-order chi connectivity index (χ0) is 14.0. The van der Waals surface area contributed by atoms with E-state index in [4.69, 9.17) is 5.73 Å². The molecule has 102 valence electrons. The lowest BCUT2D eigenvalue weighted by Gasteiger charge is -2.15. The molecule has 0 spiro atoms. The number of rotatable bonds is 4. The third kappa shape index (κ3) is 2.87. The van der Waals surface area contributed by atoms with Crippen LogP contribution in [-0.2, 0) is 13.0 Å². The Morgan fingerprint density at radius 2 is 2.11 bits per heavy atom. The number of hydrogen-bond acceptors (Lipinski definition) is 3. The van der Waals surface area contributed by atoms with Crippen molar-refractivity contribution in [1.29, 1.82) is 0 Å². The van der Waals surface area contributed by atoms with Crippen LogP contribution in [0.2, 0.25) is 0 Å². The van der Waals surface area contributed by atoms with E-state index in [0.29, 0.717) is 0 Å². The molecular weight excluding hydrogens is 304 g/mol. The summed E-state index contributed by atoms with van der Waals surface area (Å²) in [5.41, 5.74) is 10.6. The third-order valence-electron chi connectivity index (χ3n) is 3.31. The average Bonchev–Trinajstić information content (AvgIpc) is 2.67. The molecule has 0 aromatic carbocycles. The van der Waals surface area contributed by atoms with E-state index in [9.17, 15) is 0 Å². The van der Waals surface area contributed by atoms with Crippen molar-refractivity contribution in [2.24, 2.45) is 5.73 Å². The van der Waals surface area contributed by atoms with E-state index in [2.05, 4.69) is 32.9 Å². The van der Waals surface area contributed by atoms with Gasteiger partial charge in [0.2, 0.25) is 0 Å². The minimum Gasteiger partial charge on any atom is -0.324 e. The summed E-state index contributed by atoms with van der Waals surface area (Å²) in [5, 5.41) is 4.50. The van der Waals surface area contributed by atoms with Crippen LogP contribution in [0.4, 0.5) is 0 Å². The normalized spacial score (nSPS) is 12.7. The number of hydrogen-bond donors (Lipinski definition) is 1. The highest BCUT2D eigenvalue weighted by atomic mass is 79.9. The molecule has 5 heteroatoms. The third-order valence-corrected chi connectivity index (χ3v) is 4.34. The number of halogens is 1. The molecule has 1 unspecified atom stereocenters. The van der Waals surface area contributed by atoms with Crippen LogP contribution in [0.1, 0.15) is 35.6 Å². The van der Waals surface area contributed by atoms with Crippen molar-refractivity contribution in [3.63, 3.8) is 0 Å². The average molecular weight is 323 g/mol. The summed E-state index contributed by atoms with van der Waals surface area (Å²) in [6.45, 7) is 6.93. The van der Waals surface area contributed by atoms with Crippen molar-refractivity contribution in [2.45, 2.75) is 39.8 Å². The first-order chi connectivity index (χ1) is 9.04. The fourth-order valence-corrected chi connectivity index (χ4v) is 2.72. The van der Waals surface area contributed by atoms with Crippen LogP contribution < -0.4 is 5.73 Å². The van der Waals surface area contributed by atoms with Gasteiger partial charge >= 0.3 is 0 Å². The molecule has 0 aliphatic carbocycles. The maximum Gasteiger partial charge on any atom is 0.0738 e. The number of aromatic nitrogens is 3. The van der Waals surface area contributed by atoms with Gasteiger partial charge < -0.3 is 5.73 Å². The molecule has 0 saturated carbocycles. The Morgan fingerprint density at radius 1 is 1.37 bits per heavy atom. The fraction of sp³-hybridized carbons (Fsp3) is 0.429. The smallest absolute Gasteiger partial charge is 0.0738 e. The van der Waals surface area contributed by atoms with Crippen LogP contribution in [0.5, 0.6) is 0 Å². The highest BCUT2D eigenvalue weighted by Gasteiger charge is 2.17. The van der Waals surface area contributed by atoms with Gasteiger partial charge in [-0.1, -0.05) is 6.07 Å². The molecule has 0 fully saturated rings. The monoisotopic (exact) mass is 322 g/mol. The van der Waals surface area contributed by atoms with E-state index in [-0.39, 0.29) is 6.04 Å². The molecule has 0 bridgehead atoms. The molecule has 2 heterocycles. The van der Waals surface area contributed by atoms with Gasteiger partial charge in [0.25, 0.3) is 0 Å². The molecule has 19 heavy (non-hydrogen) atoms. The van der Waals surface area contributed by atoms with Gasteiger partial charge in [0.05, 0.1) is 15.9 Å². The minimum atomic E-state index is -0.0635. The van der Waals surface area contributed by atoms with Crippen molar-refractivity contribution in [3.05, 3.63) is 45.4 Å². The molecular formula is C14H19BrN4. The summed E-state index contributed by atoms with van der Waals surface area (Å²) >= 11 is 3.61. The molecule has 2 rings (SSSR count). The van der Waals surface area contributed by atoms with Gasteiger partial charge in [-0.25, -0.2) is 0 Å². The Balaban J connectivity index is 2.29. The van der Waals surface area contributed by atoms with Crippen LogP contribution in [0, 0.1) is 13.8 Å². The van der Waals surface area contributed by atoms with Crippen LogP contribution in [0.25, 0.3) is 0 Å². The van der Waals surface area contributed by atoms with Gasteiger partial charge in [-0.3, -0.25) is 9.67 Å². The molecule has 0 aliphatic heterocycles. The van der Waals surface area contributed by atoms with Crippen LogP contribution >= 0.6 is 15.9 Å². The van der Waals surface area contributed by atoms with Gasteiger partial charge in [0.15, 0.2) is 0 Å². The van der Waals surface area contributed by atoms with E-state index >= 15 is 0 Å².